The molecule has 0 fully saturated rings. The second-order valence-electron chi connectivity index (χ2n) is 20.6. The van der Waals surface area contributed by atoms with Crippen LogP contribution >= 0.6 is 0 Å². The van der Waals surface area contributed by atoms with Crippen molar-refractivity contribution in [1.82, 2.24) is 0 Å². The number of rotatable bonds is 9. The highest BCUT2D eigenvalue weighted by Crippen LogP contribution is 2.60. The van der Waals surface area contributed by atoms with Gasteiger partial charge in [-0.05, 0) is 135 Å². The lowest BCUT2D eigenvalue weighted by Gasteiger charge is -2.37. The van der Waals surface area contributed by atoms with Gasteiger partial charge in [-0.1, -0.05) is 273 Å². The molecule has 76 heavy (non-hydrogen) atoms. The number of anilines is 3. The van der Waals surface area contributed by atoms with Crippen molar-refractivity contribution in [3.05, 3.63) is 354 Å². The summed E-state index contributed by atoms with van der Waals surface area (Å²) in [6, 6.07) is 117. The van der Waals surface area contributed by atoms with Gasteiger partial charge in [0, 0.05) is 17.1 Å². The third kappa shape index (κ3) is 6.08. The van der Waals surface area contributed by atoms with E-state index < -0.39 is 18.9 Å². The minimum atomic E-state index is -2.84. The SMILES string of the molecule is c1ccc(N(c2ccc3c(c2)C(c2ccccc2)(c2ccccc2)c2ccccc2-3)c2ccc3c(c2)C(c2ccccc2)(c2cccc4c2-c2ccccc2[Si]4(c2ccccc2)c2ccccc2)c2ccccc2-3)cc1. The monoisotopic (exact) mass is 981 g/mol. The first-order valence-corrected chi connectivity index (χ1v) is 28.6. The molecule has 2 aliphatic carbocycles. The molecule has 12 aromatic rings. The summed E-state index contributed by atoms with van der Waals surface area (Å²) >= 11 is 0. The number of fused-ring (bicyclic) bond motifs is 9. The van der Waals surface area contributed by atoms with Crippen LogP contribution in [0.1, 0.15) is 44.5 Å². The fourth-order valence-electron chi connectivity index (χ4n) is 14.3. The van der Waals surface area contributed by atoms with Crippen LogP contribution in [0.4, 0.5) is 17.1 Å². The van der Waals surface area contributed by atoms with Crippen molar-refractivity contribution in [3.8, 4) is 33.4 Å². The molecule has 12 aromatic carbocycles. The lowest BCUT2D eigenvalue weighted by molar-refractivity contribution is 0.768. The predicted molar refractivity (Wildman–Crippen MR) is 318 cm³/mol. The minimum Gasteiger partial charge on any atom is -0.310 e. The highest BCUT2D eigenvalue weighted by atomic mass is 28.3. The van der Waals surface area contributed by atoms with Crippen LogP contribution in [0.15, 0.2) is 309 Å². The van der Waals surface area contributed by atoms with Gasteiger partial charge in [0.1, 0.15) is 0 Å². The van der Waals surface area contributed by atoms with Crippen LogP contribution in [0, 0.1) is 0 Å². The van der Waals surface area contributed by atoms with E-state index in [1.165, 1.54) is 98.6 Å². The second kappa shape index (κ2) is 17.4. The number of para-hydroxylation sites is 1. The molecule has 1 unspecified atom stereocenters. The van der Waals surface area contributed by atoms with Crippen LogP contribution in [0.5, 0.6) is 0 Å². The summed E-state index contributed by atoms with van der Waals surface area (Å²) in [7, 11) is -2.84. The van der Waals surface area contributed by atoms with Crippen LogP contribution in [-0.4, -0.2) is 8.07 Å². The Morgan fingerprint density at radius 1 is 0.237 bits per heavy atom. The zero-order valence-corrected chi connectivity index (χ0v) is 42.9. The predicted octanol–water partition coefficient (Wildman–Crippen LogP) is 15.2. The molecule has 0 N–H and O–H groups in total. The largest absolute Gasteiger partial charge is 0.310 e. The van der Waals surface area contributed by atoms with E-state index >= 15 is 0 Å². The van der Waals surface area contributed by atoms with Crippen LogP contribution in [0.2, 0.25) is 0 Å². The van der Waals surface area contributed by atoms with Gasteiger partial charge in [-0.15, -0.1) is 0 Å². The Morgan fingerprint density at radius 2 is 0.605 bits per heavy atom. The molecule has 0 saturated heterocycles. The van der Waals surface area contributed by atoms with Gasteiger partial charge in [0.25, 0.3) is 0 Å². The topological polar surface area (TPSA) is 3.24 Å². The fourth-order valence-corrected chi connectivity index (χ4v) is 19.5. The number of nitrogens with zero attached hydrogens (tertiary/aromatic N) is 1. The van der Waals surface area contributed by atoms with Crippen LogP contribution in [0.3, 0.4) is 0 Å². The summed E-state index contributed by atoms with van der Waals surface area (Å²) in [5.41, 5.74) is 20.0. The Kier molecular flexibility index (Phi) is 10.1. The summed E-state index contributed by atoms with van der Waals surface area (Å²) in [4.78, 5) is 2.50. The first kappa shape index (κ1) is 44.2. The number of hydrogen-bond donors (Lipinski definition) is 0. The van der Waals surface area contributed by atoms with E-state index in [0.29, 0.717) is 0 Å². The van der Waals surface area contributed by atoms with E-state index in [1.54, 1.807) is 0 Å². The Morgan fingerprint density at radius 3 is 1.13 bits per heavy atom. The number of benzene rings is 12. The molecule has 0 aromatic heterocycles. The molecule has 0 amide bonds. The molecule has 1 nitrogen and oxygen atoms in total. The van der Waals surface area contributed by atoms with Crippen molar-refractivity contribution in [2.24, 2.45) is 0 Å². The van der Waals surface area contributed by atoms with Crippen LogP contribution < -0.4 is 25.6 Å². The second-order valence-corrected chi connectivity index (χ2v) is 24.3. The van der Waals surface area contributed by atoms with Crippen molar-refractivity contribution >= 4 is 45.9 Å². The fraction of sp³-hybridized carbons (Fsp3) is 0.0270. The third-order valence-electron chi connectivity index (χ3n) is 17.1. The van der Waals surface area contributed by atoms with E-state index in [2.05, 4.69) is 314 Å². The average Bonchev–Trinajstić information content (AvgIpc) is 4.31. The quantitative estimate of drug-likeness (QED) is 0.130. The molecule has 2 heteroatoms. The Labute approximate surface area is 446 Å². The maximum atomic E-state index is 2.54. The van der Waals surface area contributed by atoms with Crippen molar-refractivity contribution in [3.63, 3.8) is 0 Å². The molecule has 3 aliphatic rings. The molecule has 1 heterocycles. The van der Waals surface area contributed by atoms with Gasteiger partial charge in [0.2, 0.25) is 0 Å². The summed E-state index contributed by atoms with van der Waals surface area (Å²) in [6.45, 7) is 0. The van der Waals surface area contributed by atoms with Gasteiger partial charge in [0.15, 0.2) is 8.07 Å². The van der Waals surface area contributed by atoms with Crippen molar-refractivity contribution in [1.29, 1.82) is 0 Å². The van der Waals surface area contributed by atoms with E-state index in [1.807, 2.05) is 0 Å². The first-order valence-electron chi connectivity index (χ1n) is 26.6. The lowest BCUT2D eigenvalue weighted by Crippen LogP contribution is -2.72. The van der Waals surface area contributed by atoms with Crippen LogP contribution in [0.25, 0.3) is 33.4 Å². The van der Waals surface area contributed by atoms with E-state index in [0.717, 1.165) is 17.1 Å². The average molecular weight is 982 g/mol. The van der Waals surface area contributed by atoms with Crippen LogP contribution in [-0.2, 0) is 10.8 Å². The minimum absolute atomic E-state index is 0.545. The Bertz CT molecular complexity index is 4080. The standard InChI is InChI=1S/C74H51NSi/c1-7-26-52(27-8-1)73(53-28-9-2-10-29-53)65-41-22-19-38-60(65)62-48-46-56(50-68(62)73)75(55-32-13-4-14-33-55)57-47-49-63-61-39-20-23-42-66(61)74(69(63)51-57,54-30-11-3-12-31-54)67-43-25-45-71-72(67)64-40-21-24-44-70(64)76(71,58-34-15-5-16-35-58)59-36-17-6-18-37-59/h1-51H. The van der Waals surface area contributed by atoms with Gasteiger partial charge in [-0.3, -0.25) is 0 Å². The molecule has 1 aliphatic heterocycles. The molecule has 0 radical (unpaired) electrons. The summed E-state index contributed by atoms with van der Waals surface area (Å²) in [5.74, 6) is 0. The lowest BCUT2D eigenvalue weighted by atomic mass is 9.66. The summed E-state index contributed by atoms with van der Waals surface area (Å²) in [6.07, 6.45) is 0. The maximum absolute atomic E-state index is 2.84. The molecule has 1 atom stereocenters. The van der Waals surface area contributed by atoms with Gasteiger partial charge in [-0.2, -0.15) is 0 Å². The molecular weight excluding hydrogens is 931 g/mol. The van der Waals surface area contributed by atoms with Crippen molar-refractivity contribution in [2.75, 3.05) is 4.90 Å². The first-order chi connectivity index (χ1) is 37.7. The molecular formula is C74H51NSi. The molecule has 0 bridgehead atoms. The van der Waals surface area contributed by atoms with E-state index in [-0.39, 0.29) is 0 Å². The van der Waals surface area contributed by atoms with Crippen molar-refractivity contribution in [2.45, 2.75) is 10.8 Å². The maximum Gasteiger partial charge on any atom is 0.180 e. The van der Waals surface area contributed by atoms with E-state index in [9.17, 15) is 0 Å². The number of hydrogen-bond acceptors (Lipinski definition) is 1. The van der Waals surface area contributed by atoms with Gasteiger partial charge < -0.3 is 4.90 Å². The molecule has 356 valence electrons. The molecule has 0 saturated carbocycles. The Hall–Kier alpha value is -9.34. The highest BCUT2D eigenvalue weighted by Gasteiger charge is 2.54. The Balaban J connectivity index is 1.02. The summed E-state index contributed by atoms with van der Waals surface area (Å²) < 4.78 is 0. The van der Waals surface area contributed by atoms with Gasteiger partial charge in [-0.25, -0.2) is 0 Å². The zero-order chi connectivity index (χ0) is 50.3. The normalized spacial score (nSPS) is 15.6. The zero-order valence-electron chi connectivity index (χ0n) is 41.9. The van der Waals surface area contributed by atoms with Gasteiger partial charge in [0.05, 0.1) is 10.8 Å². The highest BCUT2D eigenvalue weighted by molar-refractivity contribution is 7.22. The molecule has 15 rings (SSSR count). The van der Waals surface area contributed by atoms with Crippen molar-refractivity contribution < 1.29 is 0 Å². The summed E-state index contributed by atoms with van der Waals surface area (Å²) in [5, 5.41) is 5.67. The van der Waals surface area contributed by atoms with Gasteiger partial charge >= 0.3 is 0 Å². The van der Waals surface area contributed by atoms with E-state index in [4.69, 9.17) is 0 Å². The smallest absolute Gasteiger partial charge is 0.180 e. The molecule has 0 spiro atoms. The third-order valence-corrected chi connectivity index (χ3v) is 22.0.